The van der Waals surface area contributed by atoms with Gasteiger partial charge in [0.15, 0.2) is 30.4 Å². The number of fused-ring (bicyclic) bond motifs is 4. The maximum Gasteiger partial charge on any atom is 0.204 e. The minimum absolute atomic E-state index is 0.0142. The second-order valence-corrected chi connectivity index (χ2v) is 19.6. The van der Waals surface area contributed by atoms with Crippen molar-refractivity contribution in [3.8, 4) is 39.5 Å². The van der Waals surface area contributed by atoms with Gasteiger partial charge in [0.1, 0.15) is 93.1 Å². The maximum atomic E-state index is 10.9. The first-order valence-corrected chi connectivity index (χ1v) is 26.0. The van der Waals surface area contributed by atoms with Crippen LogP contribution in [0.4, 0.5) is 0 Å². The molecule has 0 amide bonds. The van der Waals surface area contributed by atoms with Crippen LogP contribution in [-0.2, 0) is 28.4 Å². The zero-order chi connectivity index (χ0) is 55.5. The first-order valence-electron chi connectivity index (χ1n) is 26.0. The number of rotatable bonds is 20. The van der Waals surface area contributed by atoms with E-state index in [0.717, 1.165) is 43.1 Å². The highest BCUT2D eigenvalue weighted by molar-refractivity contribution is 6.17. The van der Waals surface area contributed by atoms with Gasteiger partial charge in [0.25, 0.3) is 0 Å². The number of benzene rings is 7. The highest BCUT2D eigenvalue weighted by Gasteiger charge is 2.46. The van der Waals surface area contributed by atoms with Gasteiger partial charge >= 0.3 is 0 Å². The highest BCUT2D eigenvalue weighted by atomic mass is 16.7. The summed E-state index contributed by atoms with van der Waals surface area (Å²) in [5, 5.41) is 132. The molecule has 21 nitrogen and oxygen atoms in total. The molecule has 3 aliphatic rings. The van der Waals surface area contributed by atoms with E-state index in [1.807, 2.05) is 103 Å². The molecule has 3 saturated heterocycles. The smallest absolute Gasteiger partial charge is 0.204 e. The molecule has 3 fully saturated rings. The summed E-state index contributed by atoms with van der Waals surface area (Å²) in [6, 6.07) is 37.3. The summed E-state index contributed by atoms with van der Waals surface area (Å²) in [7, 11) is 0. The van der Waals surface area contributed by atoms with Crippen LogP contribution in [-0.4, -0.2) is 213 Å². The van der Waals surface area contributed by atoms with Gasteiger partial charge in [-0.1, -0.05) is 97.1 Å². The lowest BCUT2D eigenvalue weighted by Gasteiger charge is -2.39. The summed E-state index contributed by atoms with van der Waals surface area (Å²) >= 11 is 0. The molecule has 3 aliphatic heterocycles. The van der Waals surface area contributed by atoms with Gasteiger partial charge in [0.05, 0.1) is 39.6 Å². The summed E-state index contributed by atoms with van der Waals surface area (Å²) in [6.45, 7) is -3.93. The van der Waals surface area contributed by atoms with Crippen molar-refractivity contribution in [1.29, 1.82) is 0 Å². The summed E-state index contributed by atoms with van der Waals surface area (Å²) in [4.78, 5) is 0. The minimum atomic E-state index is -1.72. The van der Waals surface area contributed by atoms with Gasteiger partial charge in [-0.2, -0.15) is 0 Å². The van der Waals surface area contributed by atoms with Gasteiger partial charge < -0.3 is 104 Å². The van der Waals surface area contributed by atoms with Crippen LogP contribution in [0, 0.1) is 0 Å². The van der Waals surface area contributed by atoms with E-state index in [-0.39, 0.29) is 56.9 Å². The fraction of sp³-hybridized carbons (Fsp3) is 0.414. The molecule has 7 aromatic rings. The van der Waals surface area contributed by atoms with E-state index in [1.165, 1.54) is 0 Å². The maximum absolute atomic E-state index is 10.9. The lowest BCUT2D eigenvalue weighted by molar-refractivity contribution is -0.302. The first-order chi connectivity index (χ1) is 38.3. The minimum Gasteiger partial charge on any atom is -0.486 e. The molecule has 0 aliphatic carbocycles. The second kappa shape index (κ2) is 25.0. The quantitative estimate of drug-likeness (QED) is 0.0377. The summed E-state index contributed by atoms with van der Waals surface area (Å²) in [6.07, 6.45) is -23.5. The Kier molecular flexibility index (Phi) is 17.9. The molecule has 21 heteroatoms. The van der Waals surface area contributed by atoms with Gasteiger partial charge in [-0.3, -0.25) is 0 Å². The summed E-state index contributed by atoms with van der Waals surface area (Å²) < 4.78 is 55.3. The third-order valence-corrected chi connectivity index (χ3v) is 14.7. The van der Waals surface area contributed by atoms with Crippen molar-refractivity contribution in [2.75, 3.05) is 59.5 Å². The molecule has 0 unspecified atom stereocenters. The lowest BCUT2D eigenvalue weighted by Crippen LogP contribution is -2.59. The topological polar surface area (TPSA) is 326 Å². The SMILES string of the molecule is OC[C@H]1O[C@H](OCCOc2c(-c3c4ccccc4cc4ccccc34)cc(-c3c4ccccc4cc4ccccc34)c(OCCO[C@H]3O[C@H](CO)[C@@H](O)[C@H](O)[C@@H]3O)c2OCCO[C@H]2O[C@H](CO)[C@@H](O)[C@H](O)[C@@H]2O)[C@@H](O)[C@@H](O)[C@@H]1O. The van der Waals surface area contributed by atoms with E-state index >= 15 is 0 Å². The van der Waals surface area contributed by atoms with Gasteiger partial charge in [0, 0.05) is 22.3 Å². The number of aliphatic hydroxyl groups is 12. The van der Waals surface area contributed by atoms with Gasteiger partial charge in [-0.25, -0.2) is 0 Å². The van der Waals surface area contributed by atoms with E-state index in [2.05, 4.69) is 12.1 Å². The largest absolute Gasteiger partial charge is 0.486 e. The van der Waals surface area contributed by atoms with Gasteiger partial charge in [-0.05, 0) is 61.3 Å². The molecule has 12 N–H and O–H groups in total. The molecule has 0 saturated carbocycles. The predicted octanol–water partition coefficient (Wildman–Crippen LogP) is 1.22. The third kappa shape index (κ3) is 11.4. The van der Waals surface area contributed by atoms with E-state index < -0.39 is 112 Å². The van der Waals surface area contributed by atoms with Crippen LogP contribution >= 0.6 is 0 Å². The molecule has 0 aromatic heterocycles. The average Bonchev–Trinajstić information content (AvgIpc) is 3.67. The number of aliphatic hydroxyl groups excluding tert-OH is 12. The zero-order valence-corrected chi connectivity index (χ0v) is 42.5. The number of ether oxygens (including phenoxy) is 9. The van der Waals surface area contributed by atoms with Crippen molar-refractivity contribution in [3.05, 3.63) is 115 Å². The van der Waals surface area contributed by atoms with Crippen LogP contribution in [0.5, 0.6) is 17.2 Å². The summed E-state index contributed by atoms with van der Waals surface area (Å²) in [5.41, 5.74) is 2.40. The summed E-state index contributed by atoms with van der Waals surface area (Å²) in [5.74, 6) is 0.161. The standard InChI is InChI=1S/C58H64O21/c59-26-39-44(62)47(65)50(68)56(77-39)74-20-17-71-53-37(42-33-13-5-1-9-29(33)23-30-10-2-6-14-34(30)42)25-38(43-35-15-7-3-11-31(35)24-32-12-4-8-16-36(32)43)54(72-18-21-75-57-51(69)48(66)45(63)40(27-60)78-57)55(53)73-19-22-76-58-52(70)49(67)46(64)41(28-61)79-58/h1-16,23-25,39-41,44-52,56-70H,17-22,26-28H2/t39-,40-,41-,44-,45-,46-,47+,48+,49+,50+,51+,52+,56+,57+,58+/m1/s1. The fourth-order valence-corrected chi connectivity index (χ4v) is 10.6. The number of hydrogen-bond acceptors (Lipinski definition) is 21. The predicted molar refractivity (Wildman–Crippen MR) is 283 cm³/mol. The number of hydrogen-bond donors (Lipinski definition) is 12. The Morgan fingerprint density at radius 2 is 0.595 bits per heavy atom. The average molecular weight is 1100 g/mol. The van der Waals surface area contributed by atoms with Crippen molar-refractivity contribution in [3.63, 3.8) is 0 Å². The molecular formula is C58H64O21. The van der Waals surface area contributed by atoms with Crippen molar-refractivity contribution in [1.82, 2.24) is 0 Å². The molecule has 0 radical (unpaired) electrons. The Morgan fingerprint density at radius 3 is 0.886 bits per heavy atom. The van der Waals surface area contributed by atoms with Crippen molar-refractivity contribution >= 4 is 43.1 Å². The zero-order valence-electron chi connectivity index (χ0n) is 42.5. The Bertz CT molecular complexity index is 2900. The van der Waals surface area contributed by atoms with E-state index in [4.69, 9.17) is 42.6 Å². The molecule has 15 atom stereocenters. The van der Waals surface area contributed by atoms with Crippen LogP contribution in [0.15, 0.2) is 115 Å². The molecule has 79 heavy (non-hydrogen) atoms. The Hall–Kier alpha value is -5.74. The normalized spacial score (nSPS) is 29.3. The van der Waals surface area contributed by atoms with Crippen LogP contribution in [0.1, 0.15) is 0 Å². The molecule has 0 spiro atoms. The Balaban J connectivity index is 1.15. The van der Waals surface area contributed by atoms with Crippen molar-refractivity contribution in [2.45, 2.75) is 92.1 Å². The molecule has 3 heterocycles. The first kappa shape index (κ1) is 56.5. The van der Waals surface area contributed by atoms with Crippen LogP contribution in [0.3, 0.4) is 0 Å². The van der Waals surface area contributed by atoms with E-state index in [9.17, 15) is 61.3 Å². The molecule has 7 aromatic carbocycles. The monoisotopic (exact) mass is 1100 g/mol. The van der Waals surface area contributed by atoms with Crippen molar-refractivity contribution < 1.29 is 104 Å². The van der Waals surface area contributed by atoms with Crippen LogP contribution in [0.25, 0.3) is 65.3 Å². The Morgan fingerprint density at radius 1 is 0.316 bits per heavy atom. The van der Waals surface area contributed by atoms with Gasteiger partial charge in [0.2, 0.25) is 5.75 Å². The molecular weight excluding hydrogens is 1030 g/mol. The third-order valence-electron chi connectivity index (χ3n) is 14.7. The molecule has 422 valence electrons. The van der Waals surface area contributed by atoms with E-state index in [1.54, 1.807) is 0 Å². The van der Waals surface area contributed by atoms with Gasteiger partial charge in [-0.15, -0.1) is 0 Å². The van der Waals surface area contributed by atoms with Crippen molar-refractivity contribution in [2.24, 2.45) is 0 Å². The molecule has 0 bridgehead atoms. The van der Waals surface area contributed by atoms with E-state index in [0.29, 0.717) is 22.3 Å². The highest BCUT2D eigenvalue weighted by Crippen LogP contribution is 2.55. The lowest BCUT2D eigenvalue weighted by atomic mass is 9.86. The molecule has 10 rings (SSSR count). The van der Waals surface area contributed by atoms with Crippen LogP contribution in [0.2, 0.25) is 0 Å². The second-order valence-electron chi connectivity index (χ2n) is 19.6. The fourth-order valence-electron chi connectivity index (χ4n) is 10.6. The Labute approximate surface area is 452 Å². The van der Waals surface area contributed by atoms with Crippen LogP contribution < -0.4 is 14.2 Å².